The molecule has 0 aliphatic carbocycles. The molecule has 0 unspecified atom stereocenters. The molecule has 108 valence electrons. The van der Waals surface area contributed by atoms with Crippen molar-refractivity contribution in [3.8, 4) is 0 Å². The Morgan fingerprint density at radius 2 is 1.65 bits per heavy atom. The lowest BCUT2D eigenvalue weighted by molar-refractivity contribution is -0.197. The number of hydrogen-bond acceptors (Lipinski definition) is 4. The molecule has 0 saturated carbocycles. The molecule has 4 saturated heterocycles. The van der Waals surface area contributed by atoms with Crippen LogP contribution in [0.3, 0.4) is 0 Å². The van der Waals surface area contributed by atoms with Crippen molar-refractivity contribution in [1.82, 2.24) is 19.6 Å². The molecule has 4 aliphatic rings. The minimum absolute atomic E-state index is 0.183. The van der Waals surface area contributed by atoms with Crippen molar-refractivity contribution in [3.63, 3.8) is 0 Å². The SMILES string of the molecule is Cc1c(C2N3CC4(C)CN2CC(C)(C3)C4=O)cnn1C. The first kappa shape index (κ1) is 12.5. The molecule has 5 heteroatoms. The number of Topliss-reactive ketones (excluding diaryl/α,β-unsaturated/α-hetero) is 1. The average molecular weight is 274 g/mol. The predicted octanol–water partition coefficient (Wildman–Crippen LogP) is 0.954. The first-order chi connectivity index (χ1) is 9.34. The van der Waals surface area contributed by atoms with Gasteiger partial charge in [-0.15, -0.1) is 0 Å². The zero-order valence-electron chi connectivity index (χ0n) is 12.7. The van der Waals surface area contributed by atoms with Gasteiger partial charge in [0.25, 0.3) is 0 Å². The summed E-state index contributed by atoms with van der Waals surface area (Å²) in [4.78, 5) is 17.6. The van der Waals surface area contributed by atoms with E-state index in [0.29, 0.717) is 11.9 Å². The molecule has 1 aromatic rings. The molecule has 0 N–H and O–H groups in total. The lowest BCUT2D eigenvalue weighted by atomic mass is 9.62. The highest BCUT2D eigenvalue weighted by Crippen LogP contribution is 2.52. The Morgan fingerprint density at radius 1 is 1.15 bits per heavy atom. The van der Waals surface area contributed by atoms with E-state index in [2.05, 4.69) is 35.7 Å². The lowest BCUT2D eigenvalue weighted by Crippen LogP contribution is -2.75. The van der Waals surface area contributed by atoms with E-state index in [0.717, 1.165) is 26.2 Å². The summed E-state index contributed by atoms with van der Waals surface area (Å²) in [5.41, 5.74) is 2.16. The number of carbonyl (C=O) groups excluding carboxylic acids is 1. The van der Waals surface area contributed by atoms with Crippen molar-refractivity contribution in [2.24, 2.45) is 17.9 Å². The molecule has 4 bridgehead atoms. The number of rotatable bonds is 1. The molecule has 0 aromatic carbocycles. The van der Waals surface area contributed by atoms with Crippen LogP contribution in [0.2, 0.25) is 0 Å². The van der Waals surface area contributed by atoms with Crippen molar-refractivity contribution >= 4 is 5.78 Å². The van der Waals surface area contributed by atoms with Crippen LogP contribution < -0.4 is 0 Å². The standard InChI is InChI=1S/C15H22N4O/c1-10-11(5-16-17(10)4)12-18-6-14(2)7-19(12)9-15(3,8-18)13(14)20/h5,12H,6-9H2,1-4H3. The first-order valence-electron chi connectivity index (χ1n) is 7.36. The van der Waals surface area contributed by atoms with Crippen LogP contribution in [0, 0.1) is 17.8 Å². The molecule has 0 amide bonds. The summed E-state index contributed by atoms with van der Waals surface area (Å²) in [6, 6.07) is 0. The molecule has 0 spiro atoms. The number of hydrogen-bond donors (Lipinski definition) is 0. The maximum Gasteiger partial charge on any atom is 0.149 e. The fourth-order valence-electron chi connectivity index (χ4n) is 4.76. The summed E-state index contributed by atoms with van der Waals surface area (Å²) in [5, 5.41) is 4.39. The van der Waals surface area contributed by atoms with Gasteiger partial charge in [-0.2, -0.15) is 5.10 Å². The van der Waals surface area contributed by atoms with E-state index in [4.69, 9.17) is 0 Å². The van der Waals surface area contributed by atoms with Gasteiger partial charge >= 0.3 is 0 Å². The minimum Gasteiger partial charge on any atom is -0.298 e. The number of aromatic nitrogens is 2. The van der Waals surface area contributed by atoms with E-state index in [1.54, 1.807) is 0 Å². The minimum atomic E-state index is -0.183. The molecule has 5 heterocycles. The van der Waals surface area contributed by atoms with E-state index >= 15 is 0 Å². The van der Waals surface area contributed by atoms with E-state index < -0.39 is 0 Å². The van der Waals surface area contributed by atoms with Crippen LogP contribution in [0.5, 0.6) is 0 Å². The Kier molecular flexibility index (Phi) is 2.20. The highest BCUT2D eigenvalue weighted by Gasteiger charge is 2.62. The summed E-state index contributed by atoms with van der Waals surface area (Å²) in [7, 11) is 1.99. The second kappa shape index (κ2) is 3.52. The van der Waals surface area contributed by atoms with Gasteiger partial charge in [0.1, 0.15) is 5.78 Å². The molecule has 0 atom stereocenters. The number of aryl methyl sites for hydroxylation is 1. The highest BCUT2D eigenvalue weighted by atomic mass is 16.1. The molecule has 20 heavy (non-hydrogen) atoms. The second-order valence-electron chi connectivity index (χ2n) is 7.44. The Labute approximate surface area is 119 Å². The summed E-state index contributed by atoms with van der Waals surface area (Å²) >= 11 is 0. The van der Waals surface area contributed by atoms with E-state index in [1.807, 2.05) is 17.9 Å². The molecule has 4 fully saturated rings. The third-order valence-corrected chi connectivity index (χ3v) is 5.55. The van der Waals surface area contributed by atoms with Gasteiger partial charge in [0.2, 0.25) is 0 Å². The molecular weight excluding hydrogens is 252 g/mol. The quantitative estimate of drug-likeness (QED) is 0.765. The molecule has 5 nitrogen and oxygen atoms in total. The van der Waals surface area contributed by atoms with E-state index in [9.17, 15) is 4.79 Å². The normalized spacial score (nSPS) is 46.2. The van der Waals surface area contributed by atoms with Gasteiger partial charge < -0.3 is 0 Å². The van der Waals surface area contributed by atoms with Gasteiger partial charge in [0.05, 0.1) is 23.2 Å². The molecule has 5 rings (SSSR count). The van der Waals surface area contributed by atoms with Crippen LogP contribution in [-0.4, -0.2) is 51.5 Å². The Balaban J connectivity index is 1.78. The lowest BCUT2D eigenvalue weighted by Gasteiger charge is -2.64. The van der Waals surface area contributed by atoms with Crippen LogP contribution in [0.15, 0.2) is 6.20 Å². The van der Waals surface area contributed by atoms with Gasteiger partial charge in [-0.3, -0.25) is 19.3 Å². The van der Waals surface area contributed by atoms with Crippen LogP contribution in [-0.2, 0) is 11.8 Å². The first-order valence-corrected chi connectivity index (χ1v) is 7.36. The summed E-state index contributed by atoms with van der Waals surface area (Å²) in [6.45, 7) is 9.95. The average Bonchev–Trinajstić information content (AvgIpc) is 2.66. The van der Waals surface area contributed by atoms with Crippen molar-refractivity contribution in [2.75, 3.05) is 26.2 Å². The molecule has 0 radical (unpaired) electrons. The van der Waals surface area contributed by atoms with Crippen molar-refractivity contribution < 1.29 is 4.79 Å². The monoisotopic (exact) mass is 274 g/mol. The molecule has 1 aromatic heterocycles. The number of nitrogens with zero attached hydrogens (tertiary/aromatic N) is 4. The van der Waals surface area contributed by atoms with Gasteiger partial charge in [-0.1, -0.05) is 13.8 Å². The van der Waals surface area contributed by atoms with E-state index in [-0.39, 0.29) is 10.8 Å². The predicted molar refractivity (Wildman–Crippen MR) is 75.1 cm³/mol. The second-order valence-corrected chi connectivity index (χ2v) is 7.44. The fourth-order valence-corrected chi connectivity index (χ4v) is 4.76. The number of piperidine rings is 2. The zero-order chi connectivity index (χ0) is 14.3. The van der Waals surface area contributed by atoms with Crippen molar-refractivity contribution in [2.45, 2.75) is 26.9 Å². The van der Waals surface area contributed by atoms with Crippen LogP contribution in [0.25, 0.3) is 0 Å². The molecular formula is C15H22N4O. The van der Waals surface area contributed by atoms with Crippen molar-refractivity contribution in [1.29, 1.82) is 0 Å². The summed E-state index contributed by atoms with van der Waals surface area (Å²) < 4.78 is 1.94. The van der Waals surface area contributed by atoms with Crippen molar-refractivity contribution in [3.05, 3.63) is 17.5 Å². The van der Waals surface area contributed by atoms with Gasteiger partial charge in [-0.25, -0.2) is 0 Å². The van der Waals surface area contributed by atoms with Gasteiger partial charge in [0.15, 0.2) is 0 Å². The topological polar surface area (TPSA) is 41.4 Å². The third kappa shape index (κ3) is 1.35. The third-order valence-electron chi connectivity index (χ3n) is 5.55. The smallest absolute Gasteiger partial charge is 0.149 e. The van der Waals surface area contributed by atoms with E-state index in [1.165, 1.54) is 11.3 Å². The number of carbonyl (C=O) groups is 1. The van der Waals surface area contributed by atoms with Gasteiger partial charge in [-0.05, 0) is 6.92 Å². The Bertz CT molecular complexity index is 565. The zero-order valence-corrected chi connectivity index (χ0v) is 12.7. The van der Waals surface area contributed by atoms with Crippen LogP contribution in [0.4, 0.5) is 0 Å². The number of ketones is 1. The van der Waals surface area contributed by atoms with Gasteiger partial charge in [0, 0.05) is 44.5 Å². The van der Waals surface area contributed by atoms with Crippen LogP contribution >= 0.6 is 0 Å². The summed E-state index contributed by atoms with van der Waals surface area (Å²) in [5.74, 6) is 0.471. The van der Waals surface area contributed by atoms with Crippen LogP contribution in [0.1, 0.15) is 31.3 Å². The Hall–Kier alpha value is -1.20. The molecule has 4 aliphatic heterocycles. The summed E-state index contributed by atoms with van der Waals surface area (Å²) in [6.07, 6.45) is 2.30. The highest BCUT2D eigenvalue weighted by molar-refractivity contribution is 5.92. The maximum atomic E-state index is 12.7. The largest absolute Gasteiger partial charge is 0.298 e. The fraction of sp³-hybridized carbons (Fsp3) is 0.733. The Morgan fingerprint density at radius 3 is 2.05 bits per heavy atom. The maximum absolute atomic E-state index is 12.7.